The summed E-state index contributed by atoms with van der Waals surface area (Å²) in [6.45, 7) is 1.72. The molecule has 0 saturated heterocycles. The lowest BCUT2D eigenvalue weighted by atomic mass is 10.3. The van der Waals surface area contributed by atoms with Crippen molar-refractivity contribution in [1.29, 1.82) is 0 Å². The number of benzene rings is 1. The quantitative estimate of drug-likeness (QED) is 0.574. The fourth-order valence-corrected chi connectivity index (χ4v) is 1.48. The Hall–Kier alpha value is -2.54. The summed E-state index contributed by atoms with van der Waals surface area (Å²) in [5.74, 6) is 4.57. The number of aromatic nitrogens is 2. The van der Waals surface area contributed by atoms with E-state index in [1.54, 1.807) is 6.92 Å². The van der Waals surface area contributed by atoms with Crippen molar-refractivity contribution in [2.75, 3.05) is 10.7 Å². The molecule has 19 heavy (non-hydrogen) atoms. The molecule has 0 aliphatic heterocycles. The molecule has 1 aromatic carbocycles. The molecule has 0 spiro atoms. The van der Waals surface area contributed by atoms with Crippen molar-refractivity contribution < 1.29 is 9.18 Å². The van der Waals surface area contributed by atoms with Gasteiger partial charge in [0.05, 0.1) is 0 Å². The number of carbonyl (C=O) groups is 1. The Balaban J connectivity index is 2.20. The number of hydrogen-bond donors (Lipinski definition) is 3. The van der Waals surface area contributed by atoms with E-state index < -0.39 is 5.91 Å². The predicted molar refractivity (Wildman–Crippen MR) is 68.9 cm³/mol. The number of hydrazine groups is 1. The molecule has 0 aliphatic carbocycles. The number of nitrogen functional groups attached to an aromatic ring is 1. The number of amides is 1. The third-order valence-electron chi connectivity index (χ3n) is 2.32. The summed E-state index contributed by atoms with van der Waals surface area (Å²) < 4.78 is 12.7. The Morgan fingerprint density at radius 3 is 2.58 bits per heavy atom. The van der Waals surface area contributed by atoms with Crippen LogP contribution in [0.2, 0.25) is 0 Å². The van der Waals surface area contributed by atoms with Crippen molar-refractivity contribution in [3.8, 4) is 0 Å². The van der Waals surface area contributed by atoms with Gasteiger partial charge in [0, 0.05) is 11.4 Å². The Labute approximate surface area is 108 Å². The van der Waals surface area contributed by atoms with Gasteiger partial charge in [-0.05, 0) is 37.3 Å². The fraction of sp³-hybridized carbons (Fsp3) is 0.0833. The number of nitrogens with zero attached hydrogens (tertiary/aromatic N) is 2. The minimum atomic E-state index is -0.423. The van der Waals surface area contributed by atoms with Crippen molar-refractivity contribution in [1.82, 2.24) is 9.97 Å². The van der Waals surface area contributed by atoms with Gasteiger partial charge < -0.3 is 5.32 Å². The van der Waals surface area contributed by atoms with Gasteiger partial charge in [0.1, 0.15) is 11.5 Å². The first-order valence-corrected chi connectivity index (χ1v) is 5.47. The zero-order chi connectivity index (χ0) is 13.8. The van der Waals surface area contributed by atoms with E-state index in [9.17, 15) is 9.18 Å². The third-order valence-corrected chi connectivity index (χ3v) is 2.32. The summed E-state index contributed by atoms with van der Waals surface area (Å²) in [5.41, 5.74) is 3.53. The molecule has 1 amide bonds. The van der Waals surface area contributed by atoms with Gasteiger partial charge in [-0.3, -0.25) is 10.2 Å². The second-order valence-corrected chi connectivity index (χ2v) is 3.82. The topological polar surface area (TPSA) is 92.9 Å². The molecule has 7 heteroatoms. The highest BCUT2D eigenvalue weighted by Gasteiger charge is 2.10. The zero-order valence-electron chi connectivity index (χ0n) is 10.1. The van der Waals surface area contributed by atoms with Gasteiger partial charge in [0.25, 0.3) is 5.91 Å². The van der Waals surface area contributed by atoms with E-state index in [0.717, 1.165) is 0 Å². The summed E-state index contributed by atoms with van der Waals surface area (Å²) in [6.07, 6.45) is 0. The zero-order valence-corrected chi connectivity index (χ0v) is 10.1. The minimum Gasteiger partial charge on any atom is -0.321 e. The Morgan fingerprint density at radius 2 is 1.95 bits per heavy atom. The normalized spacial score (nSPS) is 10.1. The largest absolute Gasteiger partial charge is 0.321 e. The first kappa shape index (κ1) is 12.9. The number of aryl methyl sites for hydroxylation is 1. The number of anilines is 2. The maximum atomic E-state index is 12.7. The molecule has 2 rings (SSSR count). The number of halogens is 1. The molecule has 98 valence electrons. The van der Waals surface area contributed by atoms with Crippen LogP contribution in [0.3, 0.4) is 0 Å². The maximum Gasteiger partial charge on any atom is 0.274 e. The third kappa shape index (κ3) is 3.23. The molecule has 0 unspecified atom stereocenters. The lowest BCUT2D eigenvalue weighted by Crippen LogP contribution is -2.18. The van der Waals surface area contributed by atoms with Crippen molar-refractivity contribution in [2.45, 2.75) is 6.92 Å². The number of rotatable bonds is 3. The predicted octanol–water partition coefficient (Wildman–Crippen LogP) is 1.46. The van der Waals surface area contributed by atoms with Crippen LogP contribution in [0.4, 0.5) is 16.0 Å². The summed E-state index contributed by atoms with van der Waals surface area (Å²) in [5, 5.41) is 2.60. The Bertz CT molecular complexity index is 600. The molecule has 0 atom stereocenters. The molecule has 0 aliphatic rings. The van der Waals surface area contributed by atoms with Gasteiger partial charge in [0.2, 0.25) is 5.95 Å². The fourth-order valence-electron chi connectivity index (χ4n) is 1.48. The summed E-state index contributed by atoms with van der Waals surface area (Å²) in [4.78, 5) is 19.9. The van der Waals surface area contributed by atoms with Gasteiger partial charge in [-0.15, -0.1) is 0 Å². The standard InChI is InChI=1S/C12H12FN5O/c1-7-6-10(17-12(15-7)18-14)11(19)16-9-4-2-8(13)3-5-9/h2-6H,14H2,1H3,(H,16,19)(H,15,17,18). The van der Waals surface area contributed by atoms with E-state index in [4.69, 9.17) is 5.84 Å². The molecule has 1 aromatic heterocycles. The number of nitrogens with one attached hydrogen (secondary N) is 2. The number of hydrogen-bond acceptors (Lipinski definition) is 5. The highest BCUT2D eigenvalue weighted by Crippen LogP contribution is 2.11. The molecule has 2 aromatic rings. The second kappa shape index (κ2) is 5.40. The van der Waals surface area contributed by atoms with Crippen LogP contribution >= 0.6 is 0 Å². The van der Waals surface area contributed by atoms with Gasteiger partial charge in [-0.25, -0.2) is 20.2 Å². The van der Waals surface area contributed by atoms with Crippen LogP contribution in [0, 0.1) is 12.7 Å². The van der Waals surface area contributed by atoms with E-state index in [2.05, 4.69) is 20.7 Å². The second-order valence-electron chi connectivity index (χ2n) is 3.82. The molecule has 1 heterocycles. The monoisotopic (exact) mass is 261 g/mol. The number of carbonyl (C=O) groups excluding carboxylic acids is 1. The van der Waals surface area contributed by atoms with Crippen LogP contribution < -0.4 is 16.6 Å². The molecule has 4 N–H and O–H groups in total. The first-order chi connectivity index (χ1) is 9.08. The molecule has 6 nitrogen and oxygen atoms in total. The van der Waals surface area contributed by atoms with Crippen LogP contribution in [-0.4, -0.2) is 15.9 Å². The molecular formula is C12H12FN5O. The van der Waals surface area contributed by atoms with Crippen molar-refractivity contribution >= 4 is 17.5 Å². The average Bonchev–Trinajstić information content (AvgIpc) is 2.40. The van der Waals surface area contributed by atoms with E-state index in [0.29, 0.717) is 11.4 Å². The molecule has 0 saturated carbocycles. The molecule has 0 bridgehead atoms. The number of nitrogens with two attached hydrogens (primary N) is 1. The lowest BCUT2D eigenvalue weighted by molar-refractivity contribution is 0.102. The van der Waals surface area contributed by atoms with Crippen molar-refractivity contribution in [2.24, 2.45) is 5.84 Å². The van der Waals surface area contributed by atoms with E-state index >= 15 is 0 Å². The van der Waals surface area contributed by atoms with Crippen LogP contribution in [0.15, 0.2) is 30.3 Å². The molecule has 0 radical (unpaired) electrons. The van der Waals surface area contributed by atoms with Crippen LogP contribution in [0.25, 0.3) is 0 Å². The van der Waals surface area contributed by atoms with E-state index in [1.165, 1.54) is 30.3 Å². The average molecular weight is 261 g/mol. The van der Waals surface area contributed by atoms with E-state index in [-0.39, 0.29) is 17.5 Å². The van der Waals surface area contributed by atoms with Gasteiger partial charge in [-0.2, -0.15) is 0 Å². The Morgan fingerprint density at radius 1 is 1.26 bits per heavy atom. The SMILES string of the molecule is Cc1cc(C(=O)Nc2ccc(F)cc2)nc(NN)n1. The highest BCUT2D eigenvalue weighted by atomic mass is 19.1. The first-order valence-electron chi connectivity index (χ1n) is 5.47. The Kier molecular flexibility index (Phi) is 3.67. The molecule has 0 fully saturated rings. The summed E-state index contributed by atoms with van der Waals surface area (Å²) in [6, 6.07) is 6.97. The maximum absolute atomic E-state index is 12.7. The van der Waals surface area contributed by atoms with Gasteiger partial charge >= 0.3 is 0 Å². The van der Waals surface area contributed by atoms with Crippen molar-refractivity contribution in [3.63, 3.8) is 0 Å². The summed E-state index contributed by atoms with van der Waals surface area (Å²) >= 11 is 0. The lowest BCUT2D eigenvalue weighted by Gasteiger charge is -2.06. The smallest absolute Gasteiger partial charge is 0.274 e. The van der Waals surface area contributed by atoms with Gasteiger partial charge in [-0.1, -0.05) is 0 Å². The minimum absolute atomic E-state index is 0.157. The van der Waals surface area contributed by atoms with Gasteiger partial charge in [0.15, 0.2) is 0 Å². The van der Waals surface area contributed by atoms with Crippen LogP contribution in [0.5, 0.6) is 0 Å². The summed E-state index contributed by atoms with van der Waals surface area (Å²) in [7, 11) is 0. The highest BCUT2D eigenvalue weighted by molar-refractivity contribution is 6.03. The van der Waals surface area contributed by atoms with Crippen LogP contribution in [0.1, 0.15) is 16.2 Å². The molecular weight excluding hydrogens is 249 g/mol. The van der Waals surface area contributed by atoms with Crippen LogP contribution in [-0.2, 0) is 0 Å². The van der Waals surface area contributed by atoms with E-state index in [1.807, 2.05) is 0 Å². The van der Waals surface area contributed by atoms with Crippen molar-refractivity contribution in [3.05, 3.63) is 47.5 Å².